The Labute approximate surface area is 148 Å². The lowest BCUT2D eigenvalue weighted by atomic mass is 9.67. The molecule has 7 heteroatoms. The van der Waals surface area contributed by atoms with Crippen LogP contribution in [0.15, 0.2) is 24.3 Å². The first-order valence-electron chi connectivity index (χ1n) is 8.35. The molecule has 24 heavy (non-hydrogen) atoms. The normalized spacial score (nSPS) is 25.4. The van der Waals surface area contributed by atoms with Crippen molar-refractivity contribution in [1.29, 1.82) is 0 Å². The summed E-state index contributed by atoms with van der Waals surface area (Å²) in [7, 11) is 0. The van der Waals surface area contributed by atoms with Gasteiger partial charge in [0.15, 0.2) is 0 Å². The lowest BCUT2D eigenvalue weighted by Gasteiger charge is -2.37. The largest absolute Gasteiger partial charge is 0.355 e. The molecule has 2 atom stereocenters. The van der Waals surface area contributed by atoms with E-state index in [0.717, 1.165) is 32.4 Å². The van der Waals surface area contributed by atoms with Gasteiger partial charge in [-0.25, -0.2) is 0 Å². The fourth-order valence-corrected chi connectivity index (χ4v) is 4.08. The number of carbonyl (C=O) groups excluding carboxylic acids is 1. The van der Waals surface area contributed by atoms with Crippen molar-refractivity contribution in [2.24, 2.45) is 11.3 Å². The minimum absolute atomic E-state index is 0. The Kier molecular flexibility index (Phi) is 6.18. The van der Waals surface area contributed by atoms with E-state index in [0.29, 0.717) is 24.4 Å². The van der Waals surface area contributed by atoms with E-state index >= 15 is 0 Å². The highest BCUT2D eigenvalue weighted by Gasteiger charge is 2.49. The van der Waals surface area contributed by atoms with E-state index in [1.54, 1.807) is 18.2 Å². The molecule has 0 spiro atoms. The van der Waals surface area contributed by atoms with Gasteiger partial charge in [-0.3, -0.25) is 14.9 Å². The molecule has 1 amide bonds. The predicted octanol–water partition coefficient (Wildman–Crippen LogP) is 2.46. The molecular formula is C17H24ClN3O3. The minimum Gasteiger partial charge on any atom is -0.355 e. The Morgan fingerprint density at radius 3 is 2.96 bits per heavy atom. The van der Waals surface area contributed by atoms with Crippen molar-refractivity contribution >= 4 is 24.0 Å². The van der Waals surface area contributed by atoms with Crippen molar-refractivity contribution < 1.29 is 9.72 Å². The highest BCUT2D eigenvalue weighted by Crippen LogP contribution is 2.43. The van der Waals surface area contributed by atoms with E-state index in [2.05, 4.69) is 10.6 Å². The average Bonchev–Trinajstić information content (AvgIpc) is 3.00. The molecule has 0 radical (unpaired) electrons. The first kappa shape index (κ1) is 18.7. The zero-order chi connectivity index (χ0) is 16.3. The summed E-state index contributed by atoms with van der Waals surface area (Å²) in [5, 5.41) is 17.4. The summed E-state index contributed by atoms with van der Waals surface area (Å²) >= 11 is 0. The molecule has 1 aromatic carbocycles. The standard InChI is InChI=1S/C17H23N3O3.ClH/c21-16(17-9-4-3-6-14(17)11-18-12-17)19-10-8-13-5-1-2-7-15(13)20(22)23;/h1-2,5,7,14,18H,3-4,6,8-12H2,(H,19,21);1H/t14-,17+;/m0./s1. The molecule has 0 aromatic heterocycles. The number of nitrogens with one attached hydrogen (secondary N) is 2. The molecule has 1 heterocycles. The molecular weight excluding hydrogens is 330 g/mol. The van der Waals surface area contributed by atoms with Gasteiger partial charge in [0.1, 0.15) is 0 Å². The number of rotatable bonds is 5. The second-order valence-corrected chi connectivity index (χ2v) is 6.62. The highest BCUT2D eigenvalue weighted by atomic mass is 35.5. The number of fused-ring (bicyclic) bond motifs is 1. The molecule has 1 aliphatic heterocycles. The Morgan fingerprint density at radius 2 is 2.17 bits per heavy atom. The first-order valence-corrected chi connectivity index (χ1v) is 8.35. The first-order chi connectivity index (χ1) is 11.1. The number of hydrogen-bond donors (Lipinski definition) is 2. The zero-order valence-corrected chi connectivity index (χ0v) is 14.4. The summed E-state index contributed by atoms with van der Waals surface area (Å²) < 4.78 is 0. The van der Waals surface area contributed by atoms with Crippen LogP contribution in [0.25, 0.3) is 0 Å². The molecule has 1 aromatic rings. The number of amides is 1. The highest BCUT2D eigenvalue weighted by molar-refractivity contribution is 5.85. The zero-order valence-electron chi connectivity index (χ0n) is 13.6. The Bertz CT molecular complexity index is 610. The van der Waals surface area contributed by atoms with Gasteiger partial charge in [-0.05, 0) is 31.7 Å². The van der Waals surface area contributed by atoms with Crippen LogP contribution < -0.4 is 10.6 Å². The third-order valence-corrected chi connectivity index (χ3v) is 5.36. The van der Waals surface area contributed by atoms with Gasteiger partial charge in [-0.15, -0.1) is 12.4 Å². The van der Waals surface area contributed by atoms with E-state index in [1.807, 2.05) is 0 Å². The van der Waals surface area contributed by atoms with Crippen LogP contribution >= 0.6 is 12.4 Å². The number of nitrogens with zero attached hydrogens (tertiary/aromatic N) is 1. The number of nitro benzene ring substituents is 1. The second-order valence-electron chi connectivity index (χ2n) is 6.62. The molecule has 1 aliphatic carbocycles. The summed E-state index contributed by atoms with van der Waals surface area (Å²) in [6, 6.07) is 6.72. The van der Waals surface area contributed by atoms with Crippen molar-refractivity contribution in [3.05, 3.63) is 39.9 Å². The van der Waals surface area contributed by atoms with Crippen molar-refractivity contribution in [3.63, 3.8) is 0 Å². The molecule has 1 saturated heterocycles. The summed E-state index contributed by atoms with van der Waals surface area (Å²) in [6.45, 7) is 2.13. The fourth-order valence-electron chi connectivity index (χ4n) is 4.08. The number of halogens is 1. The summed E-state index contributed by atoms with van der Waals surface area (Å²) in [5.41, 5.74) is 0.527. The molecule has 2 fully saturated rings. The molecule has 0 unspecified atom stereocenters. The maximum Gasteiger partial charge on any atom is 0.272 e. The van der Waals surface area contributed by atoms with Crippen molar-refractivity contribution in [2.45, 2.75) is 32.1 Å². The Morgan fingerprint density at radius 1 is 1.38 bits per heavy atom. The van der Waals surface area contributed by atoms with Gasteiger partial charge in [0.05, 0.1) is 10.3 Å². The number of hydrogen-bond acceptors (Lipinski definition) is 4. The number of para-hydroxylation sites is 1. The van der Waals surface area contributed by atoms with Crippen LogP contribution in [-0.4, -0.2) is 30.5 Å². The van der Waals surface area contributed by atoms with Crippen LogP contribution in [0.2, 0.25) is 0 Å². The van der Waals surface area contributed by atoms with E-state index < -0.39 is 0 Å². The molecule has 132 valence electrons. The van der Waals surface area contributed by atoms with Gasteiger partial charge < -0.3 is 10.6 Å². The summed E-state index contributed by atoms with van der Waals surface area (Å²) in [5.74, 6) is 0.549. The Hall–Kier alpha value is -1.66. The van der Waals surface area contributed by atoms with Crippen LogP contribution in [0.3, 0.4) is 0 Å². The van der Waals surface area contributed by atoms with Gasteiger partial charge in [-0.2, -0.15) is 0 Å². The van der Waals surface area contributed by atoms with Gasteiger partial charge in [0, 0.05) is 24.7 Å². The number of carbonyl (C=O) groups is 1. The van der Waals surface area contributed by atoms with Crippen molar-refractivity contribution in [2.75, 3.05) is 19.6 Å². The lowest BCUT2D eigenvalue weighted by Crippen LogP contribution is -2.48. The topological polar surface area (TPSA) is 84.3 Å². The van der Waals surface area contributed by atoms with Gasteiger partial charge in [-0.1, -0.05) is 31.0 Å². The van der Waals surface area contributed by atoms with Gasteiger partial charge in [0.25, 0.3) is 5.69 Å². The van der Waals surface area contributed by atoms with Crippen LogP contribution in [0.4, 0.5) is 5.69 Å². The maximum absolute atomic E-state index is 12.7. The average molecular weight is 354 g/mol. The predicted molar refractivity (Wildman–Crippen MR) is 94.3 cm³/mol. The molecule has 2 aliphatic rings. The van der Waals surface area contributed by atoms with Gasteiger partial charge >= 0.3 is 0 Å². The van der Waals surface area contributed by atoms with Crippen LogP contribution in [0.5, 0.6) is 0 Å². The lowest BCUT2D eigenvalue weighted by molar-refractivity contribution is -0.385. The van der Waals surface area contributed by atoms with E-state index in [-0.39, 0.29) is 34.3 Å². The summed E-state index contributed by atoms with van der Waals surface area (Å²) in [6.07, 6.45) is 4.86. The molecule has 0 bridgehead atoms. The van der Waals surface area contributed by atoms with Crippen LogP contribution in [0, 0.1) is 21.4 Å². The third-order valence-electron chi connectivity index (χ3n) is 5.36. The number of benzene rings is 1. The Balaban J connectivity index is 0.00000208. The summed E-state index contributed by atoms with van der Waals surface area (Å²) in [4.78, 5) is 23.4. The van der Waals surface area contributed by atoms with Crippen molar-refractivity contribution in [1.82, 2.24) is 10.6 Å². The molecule has 6 nitrogen and oxygen atoms in total. The van der Waals surface area contributed by atoms with Crippen LogP contribution in [-0.2, 0) is 11.2 Å². The third kappa shape index (κ3) is 3.54. The quantitative estimate of drug-likeness (QED) is 0.629. The minimum atomic E-state index is -0.367. The van der Waals surface area contributed by atoms with E-state index in [1.165, 1.54) is 12.5 Å². The van der Waals surface area contributed by atoms with Crippen molar-refractivity contribution in [3.8, 4) is 0 Å². The monoisotopic (exact) mass is 353 g/mol. The smallest absolute Gasteiger partial charge is 0.272 e. The van der Waals surface area contributed by atoms with E-state index in [4.69, 9.17) is 0 Å². The maximum atomic E-state index is 12.7. The second kappa shape index (κ2) is 7.94. The molecule has 3 rings (SSSR count). The fraction of sp³-hybridized carbons (Fsp3) is 0.588. The van der Waals surface area contributed by atoms with Crippen LogP contribution in [0.1, 0.15) is 31.2 Å². The molecule has 2 N–H and O–H groups in total. The molecule has 1 saturated carbocycles. The van der Waals surface area contributed by atoms with Gasteiger partial charge in [0.2, 0.25) is 5.91 Å². The van der Waals surface area contributed by atoms with E-state index in [9.17, 15) is 14.9 Å². The number of nitro groups is 1. The SMILES string of the molecule is Cl.O=C(NCCc1ccccc1[N+](=O)[O-])[C@@]12CCCC[C@H]1CNC2.